The number of carbonyl (C=O) groups is 1. The lowest BCUT2D eigenvalue weighted by molar-refractivity contribution is 0.108. The van der Waals surface area contributed by atoms with E-state index in [4.69, 9.17) is 0 Å². The number of likely N-dealkylation sites (tertiary alicyclic amines) is 1. The van der Waals surface area contributed by atoms with Gasteiger partial charge in [-0.15, -0.1) is 0 Å². The number of rotatable bonds is 2. The third kappa shape index (κ3) is 2.48. The average molecular weight is 316 g/mol. The maximum absolute atomic E-state index is 13.3. The molecular weight excluding hydrogens is 295 g/mol. The minimum absolute atomic E-state index is 0.0321. The van der Waals surface area contributed by atoms with Gasteiger partial charge in [-0.05, 0) is 55.4 Å². The van der Waals surface area contributed by atoms with E-state index >= 15 is 0 Å². The van der Waals surface area contributed by atoms with Gasteiger partial charge in [-0.3, -0.25) is 0 Å². The molecule has 23 heavy (non-hydrogen) atoms. The highest BCUT2D eigenvalue weighted by Gasteiger charge is 2.44. The zero-order chi connectivity index (χ0) is 16.0. The fourth-order valence-electron chi connectivity index (χ4n) is 4.62. The predicted octanol–water partition coefficient (Wildman–Crippen LogP) is 4.16. The van der Waals surface area contributed by atoms with Gasteiger partial charge in [0, 0.05) is 29.2 Å². The number of hydrogen-bond acceptors (Lipinski definition) is 1. The minimum Gasteiger partial charge on any atom is -0.465 e. The van der Waals surface area contributed by atoms with E-state index in [0.29, 0.717) is 12.3 Å². The van der Waals surface area contributed by atoms with Crippen molar-refractivity contribution in [2.75, 3.05) is 0 Å². The number of nitrogens with zero attached hydrogens (tertiary/aromatic N) is 1. The Kier molecular flexibility index (Phi) is 3.51. The van der Waals surface area contributed by atoms with Crippen LogP contribution >= 0.6 is 0 Å². The van der Waals surface area contributed by atoms with Gasteiger partial charge in [0.05, 0.1) is 0 Å². The first-order valence-electron chi connectivity index (χ1n) is 8.40. The fourth-order valence-corrected chi connectivity index (χ4v) is 4.62. The normalized spacial score (nSPS) is 27.3. The number of hydrogen-bond donors (Lipinski definition) is 2. The van der Waals surface area contributed by atoms with Gasteiger partial charge in [-0.1, -0.05) is 12.8 Å². The van der Waals surface area contributed by atoms with Crippen molar-refractivity contribution in [3.63, 3.8) is 0 Å². The molecule has 1 aliphatic carbocycles. The average Bonchev–Trinajstić information content (AvgIpc) is 3.08. The van der Waals surface area contributed by atoms with E-state index in [1.165, 1.54) is 18.6 Å². The van der Waals surface area contributed by atoms with Gasteiger partial charge in [-0.25, -0.2) is 9.18 Å². The summed E-state index contributed by atoms with van der Waals surface area (Å²) in [6.45, 7) is 0. The molecule has 1 saturated heterocycles. The van der Waals surface area contributed by atoms with Crippen molar-refractivity contribution in [2.24, 2.45) is 5.92 Å². The summed E-state index contributed by atoms with van der Waals surface area (Å²) in [5.74, 6) is 0.248. The molecule has 1 amide bonds. The van der Waals surface area contributed by atoms with E-state index in [0.717, 1.165) is 42.1 Å². The van der Waals surface area contributed by atoms with E-state index in [9.17, 15) is 14.3 Å². The van der Waals surface area contributed by atoms with Crippen LogP contribution in [0.2, 0.25) is 0 Å². The summed E-state index contributed by atoms with van der Waals surface area (Å²) >= 11 is 0. The van der Waals surface area contributed by atoms with Crippen molar-refractivity contribution in [1.29, 1.82) is 0 Å². The zero-order valence-corrected chi connectivity index (χ0v) is 13.0. The number of fused-ring (bicyclic) bond motifs is 2. The molecule has 0 radical (unpaired) electrons. The molecule has 0 bridgehead atoms. The van der Waals surface area contributed by atoms with Gasteiger partial charge in [0.2, 0.25) is 0 Å². The monoisotopic (exact) mass is 316 g/mol. The van der Waals surface area contributed by atoms with Gasteiger partial charge in [-0.2, -0.15) is 0 Å². The Morgan fingerprint density at radius 3 is 3.00 bits per heavy atom. The second kappa shape index (κ2) is 5.55. The third-order valence-electron chi connectivity index (χ3n) is 5.60. The van der Waals surface area contributed by atoms with Crippen molar-refractivity contribution in [1.82, 2.24) is 9.88 Å². The van der Waals surface area contributed by atoms with Crippen LogP contribution < -0.4 is 0 Å². The Morgan fingerprint density at radius 2 is 2.17 bits per heavy atom. The van der Waals surface area contributed by atoms with Crippen LogP contribution in [-0.2, 0) is 6.42 Å². The van der Waals surface area contributed by atoms with Crippen molar-refractivity contribution < 1.29 is 14.3 Å². The lowest BCUT2D eigenvalue weighted by Crippen LogP contribution is -2.43. The molecule has 1 aromatic heterocycles. The summed E-state index contributed by atoms with van der Waals surface area (Å²) in [6, 6.07) is 4.95. The Balaban J connectivity index is 1.62. The summed E-state index contributed by atoms with van der Waals surface area (Å²) in [7, 11) is 0. The number of nitrogens with one attached hydrogen (secondary N) is 1. The molecule has 2 aliphatic rings. The Hall–Kier alpha value is -2.04. The number of aromatic amines is 1. The van der Waals surface area contributed by atoms with E-state index < -0.39 is 6.09 Å². The summed E-state index contributed by atoms with van der Waals surface area (Å²) in [4.78, 5) is 16.6. The second-order valence-corrected chi connectivity index (χ2v) is 6.90. The Morgan fingerprint density at radius 1 is 1.35 bits per heavy atom. The van der Waals surface area contributed by atoms with Gasteiger partial charge in [0.15, 0.2) is 0 Å². The van der Waals surface area contributed by atoms with Crippen LogP contribution in [0.4, 0.5) is 9.18 Å². The van der Waals surface area contributed by atoms with Gasteiger partial charge in [0.25, 0.3) is 0 Å². The molecule has 2 aromatic rings. The van der Waals surface area contributed by atoms with Crippen LogP contribution in [0.15, 0.2) is 24.4 Å². The first-order valence-corrected chi connectivity index (χ1v) is 8.40. The van der Waals surface area contributed by atoms with Crippen molar-refractivity contribution >= 4 is 17.0 Å². The van der Waals surface area contributed by atoms with Crippen molar-refractivity contribution in [3.05, 3.63) is 35.8 Å². The number of aromatic nitrogens is 1. The minimum atomic E-state index is -0.796. The molecule has 4 rings (SSSR count). The lowest BCUT2D eigenvalue weighted by Gasteiger charge is -2.31. The molecule has 0 spiro atoms. The Labute approximate surface area is 134 Å². The zero-order valence-electron chi connectivity index (χ0n) is 13.0. The van der Waals surface area contributed by atoms with E-state index in [2.05, 4.69) is 4.98 Å². The van der Waals surface area contributed by atoms with Crippen LogP contribution in [-0.4, -0.2) is 33.2 Å². The molecule has 4 nitrogen and oxygen atoms in total. The molecule has 1 aliphatic heterocycles. The first-order chi connectivity index (χ1) is 11.1. The maximum atomic E-state index is 13.3. The van der Waals surface area contributed by atoms with Crippen molar-refractivity contribution in [2.45, 2.75) is 50.6 Å². The first kappa shape index (κ1) is 14.5. The summed E-state index contributed by atoms with van der Waals surface area (Å²) in [5.41, 5.74) is 1.85. The molecular formula is C18H21FN2O2. The highest BCUT2D eigenvalue weighted by atomic mass is 19.1. The fraction of sp³-hybridized carbons (Fsp3) is 0.500. The highest BCUT2D eigenvalue weighted by Crippen LogP contribution is 2.41. The molecule has 122 valence electrons. The molecule has 5 heteroatoms. The van der Waals surface area contributed by atoms with Crippen LogP contribution in [0.1, 0.15) is 37.7 Å². The largest absolute Gasteiger partial charge is 0.465 e. The predicted molar refractivity (Wildman–Crippen MR) is 86.0 cm³/mol. The number of amides is 1. The van der Waals surface area contributed by atoms with Crippen LogP contribution in [0.25, 0.3) is 10.9 Å². The lowest BCUT2D eigenvalue weighted by atomic mass is 9.84. The number of H-pyrrole nitrogens is 1. The molecule has 3 atom stereocenters. The molecule has 1 aromatic carbocycles. The highest BCUT2D eigenvalue weighted by molar-refractivity contribution is 5.83. The molecule has 2 N–H and O–H groups in total. The van der Waals surface area contributed by atoms with E-state index in [1.54, 1.807) is 11.0 Å². The number of halogens is 1. The summed E-state index contributed by atoms with van der Waals surface area (Å²) in [6.07, 6.45) is 7.23. The number of carboxylic acid groups (broad SMARTS) is 1. The summed E-state index contributed by atoms with van der Waals surface area (Å²) < 4.78 is 13.3. The maximum Gasteiger partial charge on any atom is 0.407 e. The topological polar surface area (TPSA) is 56.3 Å². The Bertz CT molecular complexity index is 742. The van der Waals surface area contributed by atoms with Crippen molar-refractivity contribution in [3.8, 4) is 0 Å². The number of benzene rings is 1. The van der Waals surface area contributed by atoms with Gasteiger partial charge < -0.3 is 15.0 Å². The second-order valence-electron chi connectivity index (χ2n) is 6.90. The quantitative estimate of drug-likeness (QED) is 0.874. The van der Waals surface area contributed by atoms with Gasteiger partial charge in [0.1, 0.15) is 5.82 Å². The van der Waals surface area contributed by atoms with E-state index in [1.807, 2.05) is 6.20 Å². The summed E-state index contributed by atoms with van der Waals surface area (Å²) in [5, 5.41) is 10.7. The molecule has 2 fully saturated rings. The third-order valence-corrected chi connectivity index (χ3v) is 5.60. The van der Waals surface area contributed by atoms with Crippen LogP contribution in [0.5, 0.6) is 0 Å². The van der Waals surface area contributed by atoms with Crippen LogP contribution in [0.3, 0.4) is 0 Å². The molecule has 2 unspecified atom stereocenters. The smallest absolute Gasteiger partial charge is 0.407 e. The SMILES string of the molecule is O=C(O)N1C(Cc2c[nH]c3cc(F)ccc23)CC2CCCC[C@@H]21. The van der Waals surface area contributed by atoms with Crippen LogP contribution in [0, 0.1) is 11.7 Å². The van der Waals surface area contributed by atoms with Gasteiger partial charge >= 0.3 is 6.09 Å². The molecule has 2 heterocycles. The van der Waals surface area contributed by atoms with E-state index in [-0.39, 0.29) is 17.9 Å². The standard InChI is InChI=1S/C18H21FN2O2/c19-13-5-6-15-12(10-20-16(15)9-13)8-14-7-11-3-1-2-4-17(11)21(14)18(22)23/h5-6,9-11,14,17,20H,1-4,7-8H2,(H,22,23)/t11?,14?,17-/m0/s1. The molecule has 1 saturated carbocycles.